The van der Waals surface area contributed by atoms with E-state index in [0.29, 0.717) is 0 Å². The molecule has 0 saturated carbocycles. The van der Waals surface area contributed by atoms with Crippen molar-refractivity contribution in [2.45, 2.75) is 25.5 Å². The van der Waals surface area contributed by atoms with Gasteiger partial charge in [-0.15, -0.1) is 0 Å². The summed E-state index contributed by atoms with van der Waals surface area (Å²) in [5, 5.41) is 3.28. The van der Waals surface area contributed by atoms with Gasteiger partial charge < -0.3 is 19.5 Å². The van der Waals surface area contributed by atoms with Gasteiger partial charge in [0.25, 0.3) is 0 Å². The minimum Gasteiger partial charge on any atom is -0.496 e. The molecule has 102 valence electrons. The Hall–Kier alpha value is -1.26. The number of likely N-dealkylation sites (N-methyl/N-ethyl adjacent to an activating group) is 1. The minimum atomic E-state index is 0.0334. The van der Waals surface area contributed by atoms with E-state index < -0.39 is 0 Å². The van der Waals surface area contributed by atoms with E-state index in [4.69, 9.17) is 14.2 Å². The normalized spacial score (nSPS) is 14.1. The molecule has 4 nitrogen and oxygen atoms in total. The fourth-order valence-electron chi connectivity index (χ4n) is 2.24. The topological polar surface area (TPSA) is 39.7 Å². The van der Waals surface area contributed by atoms with E-state index in [1.165, 1.54) is 0 Å². The third-order valence-electron chi connectivity index (χ3n) is 3.16. The second kappa shape index (κ2) is 7.24. The number of hydrogen-bond donors (Lipinski definition) is 1. The number of methoxy groups -OCH3 is 3. The van der Waals surface area contributed by atoms with Crippen LogP contribution in [0.4, 0.5) is 0 Å². The number of benzene rings is 1. The Morgan fingerprint density at radius 1 is 1.11 bits per heavy atom. The predicted molar refractivity (Wildman–Crippen MR) is 72.4 cm³/mol. The van der Waals surface area contributed by atoms with Crippen molar-refractivity contribution in [2.75, 3.05) is 28.4 Å². The quantitative estimate of drug-likeness (QED) is 0.810. The Morgan fingerprint density at radius 3 is 2.00 bits per heavy atom. The molecule has 2 atom stereocenters. The van der Waals surface area contributed by atoms with Crippen molar-refractivity contribution in [1.29, 1.82) is 0 Å². The molecule has 0 aliphatic carbocycles. The highest BCUT2D eigenvalue weighted by Gasteiger charge is 2.26. The second-order valence-electron chi connectivity index (χ2n) is 4.02. The number of nitrogens with one attached hydrogen (secondary N) is 1. The molecule has 1 rings (SSSR count). The van der Waals surface area contributed by atoms with E-state index >= 15 is 0 Å². The first kappa shape index (κ1) is 14.8. The Balaban J connectivity index is 3.25. The molecule has 2 unspecified atom stereocenters. The molecule has 0 aliphatic heterocycles. The zero-order valence-corrected chi connectivity index (χ0v) is 11.8. The summed E-state index contributed by atoms with van der Waals surface area (Å²) >= 11 is 0. The zero-order valence-electron chi connectivity index (χ0n) is 11.8. The van der Waals surface area contributed by atoms with Crippen molar-refractivity contribution in [3.63, 3.8) is 0 Å². The standard InChI is InChI=1S/C14H23NO3/c1-6-10(16-3)14(15-2)13-11(17-4)8-7-9-12(13)18-5/h7-10,14-15H,6H2,1-5H3. The molecule has 1 aromatic carbocycles. The first-order valence-corrected chi connectivity index (χ1v) is 6.14. The molecule has 0 fully saturated rings. The van der Waals surface area contributed by atoms with Gasteiger partial charge in [0.2, 0.25) is 0 Å². The summed E-state index contributed by atoms with van der Waals surface area (Å²) in [5.41, 5.74) is 0.999. The van der Waals surface area contributed by atoms with E-state index in [1.54, 1.807) is 21.3 Å². The fourth-order valence-corrected chi connectivity index (χ4v) is 2.24. The summed E-state index contributed by atoms with van der Waals surface area (Å²) in [6.07, 6.45) is 0.976. The largest absolute Gasteiger partial charge is 0.496 e. The van der Waals surface area contributed by atoms with Crippen molar-refractivity contribution in [3.05, 3.63) is 23.8 Å². The first-order chi connectivity index (χ1) is 8.73. The van der Waals surface area contributed by atoms with Gasteiger partial charge >= 0.3 is 0 Å². The Kier molecular flexibility index (Phi) is 5.95. The average Bonchev–Trinajstić information content (AvgIpc) is 2.43. The van der Waals surface area contributed by atoms with Gasteiger partial charge in [-0.1, -0.05) is 13.0 Å². The summed E-state index contributed by atoms with van der Waals surface area (Å²) < 4.78 is 16.4. The third kappa shape index (κ3) is 2.94. The lowest BCUT2D eigenvalue weighted by molar-refractivity contribution is 0.0659. The van der Waals surface area contributed by atoms with Gasteiger partial charge in [0.15, 0.2) is 0 Å². The molecular weight excluding hydrogens is 230 g/mol. The molecule has 0 aromatic heterocycles. The van der Waals surface area contributed by atoms with E-state index in [1.807, 2.05) is 25.2 Å². The molecule has 0 aliphatic rings. The summed E-state index contributed by atoms with van der Waals surface area (Å²) in [5.74, 6) is 1.62. The van der Waals surface area contributed by atoms with Crippen LogP contribution in [0.1, 0.15) is 24.9 Å². The summed E-state index contributed by atoms with van der Waals surface area (Å²) in [6.45, 7) is 2.10. The van der Waals surface area contributed by atoms with E-state index in [2.05, 4.69) is 12.2 Å². The average molecular weight is 253 g/mol. The molecule has 18 heavy (non-hydrogen) atoms. The molecule has 0 heterocycles. The van der Waals surface area contributed by atoms with Crippen molar-refractivity contribution in [1.82, 2.24) is 5.32 Å². The Bertz CT molecular complexity index is 342. The summed E-state index contributed by atoms with van der Waals surface area (Å²) in [7, 11) is 6.97. The zero-order chi connectivity index (χ0) is 13.5. The fraction of sp³-hybridized carbons (Fsp3) is 0.571. The third-order valence-corrected chi connectivity index (χ3v) is 3.16. The van der Waals surface area contributed by atoms with E-state index in [9.17, 15) is 0 Å². The van der Waals surface area contributed by atoms with E-state index in [0.717, 1.165) is 23.5 Å². The van der Waals surface area contributed by atoms with Crippen LogP contribution in [-0.4, -0.2) is 34.5 Å². The second-order valence-corrected chi connectivity index (χ2v) is 4.02. The molecule has 0 saturated heterocycles. The smallest absolute Gasteiger partial charge is 0.127 e. The minimum absolute atomic E-state index is 0.0334. The summed E-state index contributed by atoms with van der Waals surface area (Å²) in [6, 6.07) is 5.82. The van der Waals surface area contributed by atoms with Gasteiger partial charge in [-0.25, -0.2) is 0 Å². The number of hydrogen-bond acceptors (Lipinski definition) is 4. The van der Waals surface area contributed by atoms with Crippen LogP contribution < -0.4 is 14.8 Å². The molecule has 0 radical (unpaired) electrons. The lowest BCUT2D eigenvalue weighted by atomic mass is 9.97. The van der Waals surface area contributed by atoms with Crippen molar-refractivity contribution < 1.29 is 14.2 Å². The predicted octanol–water partition coefficient (Wildman–Crippen LogP) is 2.39. The molecule has 1 aromatic rings. The maximum Gasteiger partial charge on any atom is 0.127 e. The van der Waals surface area contributed by atoms with Crippen LogP contribution in [0.3, 0.4) is 0 Å². The van der Waals surface area contributed by atoms with Gasteiger partial charge in [0, 0.05) is 7.11 Å². The van der Waals surface area contributed by atoms with Crippen LogP contribution in [0, 0.1) is 0 Å². The van der Waals surface area contributed by atoms with Gasteiger partial charge in [-0.3, -0.25) is 0 Å². The molecular formula is C14H23NO3. The highest BCUT2D eigenvalue weighted by molar-refractivity contribution is 5.47. The molecule has 0 bridgehead atoms. The summed E-state index contributed by atoms with van der Waals surface area (Å²) in [4.78, 5) is 0. The van der Waals surface area contributed by atoms with Gasteiger partial charge in [0.1, 0.15) is 11.5 Å². The van der Waals surface area contributed by atoms with Crippen molar-refractivity contribution in [3.8, 4) is 11.5 Å². The lowest BCUT2D eigenvalue weighted by Gasteiger charge is -2.27. The molecule has 1 N–H and O–H groups in total. The SMILES string of the molecule is CCC(OC)C(NC)c1c(OC)cccc1OC. The van der Waals surface area contributed by atoms with Gasteiger partial charge in [-0.05, 0) is 25.6 Å². The van der Waals surface area contributed by atoms with E-state index in [-0.39, 0.29) is 12.1 Å². The van der Waals surface area contributed by atoms with Crippen LogP contribution in [0.5, 0.6) is 11.5 Å². The van der Waals surface area contributed by atoms with Gasteiger partial charge in [0.05, 0.1) is 31.9 Å². The van der Waals surface area contributed by atoms with Crippen LogP contribution >= 0.6 is 0 Å². The number of ether oxygens (including phenoxy) is 3. The number of rotatable bonds is 7. The van der Waals surface area contributed by atoms with Crippen LogP contribution in [0.25, 0.3) is 0 Å². The Labute approximate surface area is 109 Å². The first-order valence-electron chi connectivity index (χ1n) is 6.14. The molecule has 0 spiro atoms. The lowest BCUT2D eigenvalue weighted by Crippen LogP contribution is -2.31. The Morgan fingerprint density at radius 2 is 1.67 bits per heavy atom. The molecule has 4 heteroatoms. The highest BCUT2D eigenvalue weighted by Crippen LogP contribution is 2.36. The monoisotopic (exact) mass is 253 g/mol. The van der Waals surface area contributed by atoms with Crippen molar-refractivity contribution in [2.24, 2.45) is 0 Å². The van der Waals surface area contributed by atoms with Gasteiger partial charge in [-0.2, -0.15) is 0 Å². The van der Waals surface area contributed by atoms with Crippen LogP contribution in [-0.2, 0) is 4.74 Å². The molecule has 0 amide bonds. The van der Waals surface area contributed by atoms with Crippen LogP contribution in [0.2, 0.25) is 0 Å². The maximum atomic E-state index is 5.53. The maximum absolute atomic E-state index is 5.53. The van der Waals surface area contributed by atoms with Crippen molar-refractivity contribution >= 4 is 0 Å². The van der Waals surface area contributed by atoms with Crippen LogP contribution in [0.15, 0.2) is 18.2 Å². The highest BCUT2D eigenvalue weighted by atomic mass is 16.5.